The molecule has 0 aliphatic rings. The van der Waals surface area contributed by atoms with Crippen LogP contribution in [-0.2, 0) is 4.74 Å². The molecule has 15 heavy (non-hydrogen) atoms. The van der Waals surface area contributed by atoms with Gasteiger partial charge in [0.15, 0.2) is 0 Å². The van der Waals surface area contributed by atoms with Crippen molar-refractivity contribution in [3.8, 4) is 0 Å². The van der Waals surface area contributed by atoms with E-state index in [-0.39, 0.29) is 11.9 Å². The Balaban J connectivity index is 0.000000583. The molecule has 0 aromatic heterocycles. The Bertz CT molecular complexity index is 310. The number of rotatable bonds is 2. The third-order valence-corrected chi connectivity index (χ3v) is 1.75. The Labute approximate surface area is 90.6 Å². The summed E-state index contributed by atoms with van der Waals surface area (Å²) < 4.78 is 17.4. The number of hydrogen-bond acceptors (Lipinski definition) is 2. The van der Waals surface area contributed by atoms with E-state index in [1.165, 1.54) is 6.07 Å². The normalized spacial score (nSPS) is 11.3. The van der Waals surface area contributed by atoms with Crippen molar-refractivity contribution in [1.82, 2.24) is 0 Å². The van der Waals surface area contributed by atoms with Gasteiger partial charge < -0.3 is 10.5 Å². The fourth-order valence-electron chi connectivity index (χ4n) is 1.04. The number of halogens is 1. The standard InChI is InChI=1S/C10H12FN.C2H6O/c1-3-8-4-5-9(7(2)12)10(11)6-8;1-3-2/h3-7H,1,12H2,2H3;1-2H3. The van der Waals surface area contributed by atoms with E-state index in [0.29, 0.717) is 5.56 Å². The summed E-state index contributed by atoms with van der Waals surface area (Å²) in [6.07, 6.45) is 1.61. The molecule has 1 unspecified atom stereocenters. The van der Waals surface area contributed by atoms with Crippen molar-refractivity contribution in [3.63, 3.8) is 0 Å². The van der Waals surface area contributed by atoms with E-state index in [4.69, 9.17) is 5.73 Å². The molecular weight excluding hydrogens is 193 g/mol. The summed E-state index contributed by atoms with van der Waals surface area (Å²) in [5.41, 5.74) is 6.86. The first kappa shape index (κ1) is 13.8. The molecule has 0 aliphatic carbocycles. The quantitative estimate of drug-likeness (QED) is 0.816. The summed E-state index contributed by atoms with van der Waals surface area (Å²) in [6, 6.07) is 4.67. The SMILES string of the molecule is C=Cc1ccc(C(C)N)c(F)c1.COC. The molecule has 1 rings (SSSR count). The van der Waals surface area contributed by atoms with Crippen molar-refractivity contribution in [2.24, 2.45) is 5.73 Å². The first-order valence-corrected chi connectivity index (χ1v) is 4.64. The van der Waals surface area contributed by atoms with Crippen molar-refractivity contribution in [3.05, 3.63) is 41.7 Å². The highest BCUT2D eigenvalue weighted by molar-refractivity contribution is 5.47. The Hall–Kier alpha value is -1.19. The van der Waals surface area contributed by atoms with Crippen LogP contribution in [0.4, 0.5) is 4.39 Å². The topological polar surface area (TPSA) is 35.2 Å². The number of methoxy groups -OCH3 is 1. The smallest absolute Gasteiger partial charge is 0.128 e. The molecule has 0 saturated heterocycles. The molecular formula is C12H18FNO. The van der Waals surface area contributed by atoms with Crippen LogP contribution in [0.15, 0.2) is 24.8 Å². The maximum atomic E-state index is 13.2. The van der Waals surface area contributed by atoms with Gasteiger partial charge in [-0.25, -0.2) is 4.39 Å². The van der Waals surface area contributed by atoms with Crippen LogP contribution in [0.1, 0.15) is 24.1 Å². The van der Waals surface area contributed by atoms with E-state index in [9.17, 15) is 4.39 Å². The molecule has 0 saturated carbocycles. The second-order valence-corrected chi connectivity index (χ2v) is 3.18. The second-order valence-electron chi connectivity index (χ2n) is 3.18. The third kappa shape index (κ3) is 4.72. The Morgan fingerprint density at radius 1 is 1.47 bits per heavy atom. The van der Waals surface area contributed by atoms with Crippen LogP contribution in [0.5, 0.6) is 0 Å². The molecule has 3 heteroatoms. The van der Waals surface area contributed by atoms with Gasteiger partial charge in [0.05, 0.1) is 0 Å². The van der Waals surface area contributed by atoms with Gasteiger partial charge in [0.1, 0.15) is 5.82 Å². The van der Waals surface area contributed by atoms with Gasteiger partial charge in [-0.15, -0.1) is 0 Å². The van der Waals surface area contributed by atoms with Gasteiger partial charge in [0, 0.05) is 25.8 Å². The van der Waals surface area contributed by atoms with Gasteiger partial charge >= 0.3 is 0 Å². The lowest BCUT2D eigenvalue weighted by atomic mass is 10.1. The maximum Gasteiger partial charge on any atom is 0.128 e. The summed E-state index contributed by atoms with van der Waals surface area (Å²) in [5, 5.41) is 0. The van der Waals surface area contributed by atoms with Crippen LogP contribution in [0.2, 0.25) is 0 Å². The third-order valence-electron chi connectivity index (χ3n) is 1.75. The summed E-state index contributed by atoms with van der Waals surface area (Å²) in [5.74, 6) is -0.262. The molecule has 0 heterocycles. The van der Waals surface area contributed by atoms with E-state index in [1.807, 2.05) is 0 Å². The van der Waals surface area contributed by atoms with Crippen LogP contribution >= 0.6 is 0 Å². The van der Waals surface area contributed by atoms with Crippen LogP contribution in [0, 0.1) is 5.82 Å². The summed E-state index contributed by atoms with van der Waals surface area (Å²) >= 11 is 0. The highest BCUT2D eigenvalue weighted by Crippen LogP contribution is 2.16. The van der Waals surface area contributed by atoms with E-state index in [0.717, 1.165) is 5.56 Å². The Morgan fingerprint density at radius 2 is 2.00 bits per heavy atom. The highest BCUT2D eigenvalue weighted by atomic mass is 19.1. The molecule has 84 valence electrons. The summed E-state index contributed by atoms with van der Waals surface area (Å²) in [6.45, 7) is 5.30. The zero-order valence-corrected chi connectivity index (χ0v) is 9.46. The minimum atomic E-state index is -0.262. The largest absolute Gasteiger partial charge is 0.388 e. The lowest BCUT2D eigenvalue weighted by Gasteiger charge is -2.06. The summed E-state index contributed by atoms with van der Waals surface area (Å²) in [7, 11) is 3.25. The van der Waals surface area contributed by atoms with Crippen LogP contribution in [0.25, 0.3) is 6.08 Å². The summed E-state index contributed by atoms with van der Waals surface area (Å²) in [4.78, 5) is 0. The number of nitrogens with two attached hydrogens (primary N) is 1. The van der Waals surface area contributed by atoms with E-state index in [2.05, 4.69) is 11.3 Å². The molecule has 0 aliphatic heterocycles. The average Bonchev–Trinajstić information content (AvgIpc) is 2.18. The van der Waals surface area contributed by atoms with Crippen LogP contribution in [-0.4, -0.2) is 14.2 Å². The highest BCUT2D eigenvalue weighted by Gasteiger charge is 2.05. The minimum Gasteiger partial charge on any atom is -0.388 e. The lowest BCUT2D eigenvalue weighted by molar-refractivity contribution is 0.277. The fourth-order valence-corrected chi connectivity index (χ4v) is 1.04. The molecule has 1 aromatic carbocycles. The Morgan fingerprint density at radius 3 is 2.33 bits per heavy atom. The van der Waals surface area contributed by atoms with Gasteiger partial charge in [0.2, 0.25) is 0 Å². The van der Waals surface area contributed by atoms with Gasteiger partial charge in [0.25, 0.3) is 0 Å². The minimum absolute atomic E-state index is 0.260. The van der Waals surface area contributed by atoms with Gasteiger partial charge in [-0.2, -0.15) is 0 Å². The van der Waals surface area contributed by atoms with E-state index >= 15 is 0 Å². The lowest BCUT2D eigenvalue weighted by Crippen LogP contribution is -2.07. The van der Waals surface area contributed by atoms with E-state index < -0.39 is 0 Å². The van der Waals surface area contributed by atoms with Crippen LogP contribution in [0.3, 0.4) is 0 Å². The zero-order chi connectivity index (χ0) is 11.8. The van der Waals surface area contributed by atoms with Crippen molar-refractivity contribution in [2.75, 3.05) is 14.2 Å². The number of hydrogen-bond donors (Lipinski definition) is 1. The van der Waals surface area contributed by atoms with Crippen molar-refractivity contribution in [1.29, 1.82) is 0 Å². The number of benzene rings is 1. The van der Waals surface area contributed by atoms with Gasteiger partial charge in [-0.3, -0.25) is 0 Å². The predicted octanol–water partition coefficient (Wildman–Crippen LogP) is 2.75. The molecule has 1 aromatic rings. The molecule has 0 fully saturated rings. The average molecular weight is 211 g/mol. The fraction of sp³-hybridized carbons (Fsp3) is 0.333. The van der Waals surface area contributed by atoms with Gasteiger partial charge in [-0.1, -0.05) is 24.8 Å². The molecule has 0 bridgehead atoms. The molecule has 0 spiro atoms. The monoisotopic (exact) mass is 211 g/mol. The molecule has 2 N–H and O–H groups in total. The van der Waals surface area contributed by atoms with Crippen LogP contribution < -0.4 is 5.73 Å². The zero-order valence-electron chi connectivity index (χ0n) is 9.46. The Kier molecular flexibility index (Phi) is 6.58. The first-order chi connectivity index (χ1) is 7.06. The molecule has 0 radical (unpaired) electrons. The van der Waals surface area contributed by atoms with Gasteiger partial charge in [-0.05, 0) is 18.6 Å². The maximum absolute atomic E-state index is 13.2. The van der Waals surface area contributed by atoms with E-state index in [1.54, 1.807) is 39.4 Å². The predicted molar refractivity (Wildman–Crippen MR) is 62.0 cm³/mol. The van der Waals surface area contributed by atoms with Crippen molar-refractivity contribution in [2.45, 2.75) is 13.0 Å². The molecule has 1 atom stereocenters. The first-order valence-electron chi connectivity index (χ1n) is 4.64. The molecule has 2 nitrogen and oxygen atoms in total. The second kappa shape index (κ2) is 7.15. The number of ether oxygens (including phenoxy) is 1. The van der Waals surface area contributed by atoms with Crippen molar-refractivity contribution >= 4 is 6.08 Å². The molecule has 0 amide bonds. The van der Waals surface area contributed by atoms with Crippen molar-refractivity contribution < 1.29 is 9.13 Å².